The lowest BCUT2D eigenvalue weighted by Crippen LogP contribution is -2.40. The quantitative estimate of drug-likeness (QED) is 0.871. The second-order valence-electron chi connectivity index (χ2n) is 7.80. The molecule has 1 N–H and O–H groups in total. The summed E-state index contributed by atoms with van der Waals surface area (Å²) in [5, 5.41) is 5.43. The number of benzene rings is 1. The van der Waals surface area contributed by atoms with Gasteiger partial charge in [0.25, 0.3) is 0 Å². The van der Waals surface area contributed by atoms with Crippen molar-refractivity contribution in [1.29, 1.82) is 0 Å². The van der Waals surface area contributed by atoms with Crippen LogP contribution >= 0.6 is 0 Å². The van der Waals surface area contributed by atoms with Crippen LogP contribution in [0.1, 0.15) is 44.9 Å². The van der Waals surface area contributed by atoms with Crippen LogP contribution in [0.2, 0.25) is 0 Å². The van der Waals surface area contributed by atoms with Crippen molar-refractivity contribution in [2.45, 2.75) is 57.1 Å². The molecule has 5 heteroatoms. The van der Waals surface area contributed by atoms with Crippen LogP contribution in [0, 0.1) is 5.92 Å². The first-order chi connectivity index (χ1) is 13.3. The van der Waals surface area contributed by atoms with Crippen LogP contribution < -0.4 is 10.1 Å². The Hall–Kier alpha value is -2.14. The molecule has 1 unspecified atom stereocenters. The summed E-state index contributed by atoms with van der Waals surface area (Å²) in [6.45, 7) is 1.57. The smallest absolute Gasteiger partial charge is 0.220 e. The maximum Gasteiger partial charge on any atom is 0.220 e. The summed E-state index contributed by atoms with van der Waals surface area (Å²) in [6, 6.07) is 8.38. The fourth-order valence-corrected chi connectivity index (χ4v) is 4.22. The highest BCUT2D eigenvalue weighted by Gasteiger charge is 2.25. The average Bonchev–Trinajstić information content (AvgIpc) is 2.70. The van der Waals surface area contributed by atoms with Gasteiger partial charge in [-0.2, -0.15) is 0 Å². The normalized spacial score (nSPS) is 25.9. The molecule has 4 rings (SSSR count). The van der Waals surface area contributed by atoms with E-state index in [2.05, 4.69) is 16.4 Å². The Morgan fingerprint density at radius 3 is 2.89 bits per heavy atom. The molecule has 5 nitrogen and oxygen atoms in total. The summed E-state index contributed by atoms with van der Waals surface area (Å²) in [5.74, 6) is 1.50. The molecule has 1 saturated carbocycles. The van der Waals surface area contributed by atoms with Crippen LogP contribution in [0.15, 0.2) is 36.7 Å². The van der Waals surface area contributed by atoms with E-state index in [-0.39, 0.29) is 18.1 Å². The van der Waals surface area contributed by atoms with Crippen LogP contribution in [0.25, 0.3) is 10.8 Å². The van der Waals surface area contributed by atoms with Gasteiger partial charge in [-0.25, -0.2) is 0 Å². The van der Waals surface area contributed by atoms with Gasteiger partial charge in [-0.1, -0.05) is 12.1 Å². The minimum Gasteiger partial charge on any atom is -0.490 e. The van der Waals surface area contributed by atoms with E-state index in [1.807, 2.05) is 24.4 Å². The van der Waals surface area contributed by atoms with Crippen LogP contribution in [-0.2, 0) is 9.53 Å². The van der Waals surface area contributed by atoms with Crippen molar-refractivity contribution in [3.63, 3.8) is 0 Å². The molecule has 2 aliphatic rings. The molecule has 144 valence electrons. The minimum absolute atomic E-state index is 0.177. The topological polar surface area (TPSA) is 60.5 Å². The van der Waals surface area contributed by atoms with Crippen molar-refractivity contribution in [2.24, 2.45) is 5.92 Å². The fraction of sp³-hybridized carbons (Fsp3) is 0.545. The number of carbonyl (C=O) groups is 1. The number of fused-ring (bicyclic) bond motifs is 1. The van der Waals surface area contributed by atoms with E-state index in [9.17, 15) is 4.79 Å². The molecule has 1 amide bonds. The Morgan fingerprint density at radius 2 is 2.07 bits per heavy atom. The first kappa shape index (κ1) is 18.2. The largest absolute Gasteiger partial charge is 0.490 e. The summed E-state index contributed by atoms with van der Waals surface area (Å²) in [7, 11) is 0. The summed E-state index contributed by atoms with van der Waals surface area (Å²) >= 11 is 0. The molecule has 1 aromatic carbocycles. The third-order valence-electron chi connectivity index (χ3n) is 5.70. The Labute approximate surface area is 160 Å². The predicted molar refractivity (Wildman–Crippen MR) is 105 cm³/mol. The number of nitrogens with one attached hydrogen (secondary N) is 1. The maximum absolute atomic E-state index is 12.3. The molecule has 2 aromatic rings. The molecule has 1 aromatic heterocycles. The number of pyridine rings is 1. The lowest BCUT2D eigenvalue weighted by Gasteiger charge is -2.30. The number of rotatable bonds is 5. The summed E-state index contributed by atoms with van der Waals surface area (Å²) in [5.41, 5.74) is 0. The molecule has 1 atom stereocenters. The number of hydrogen-bond acceptors (Lipinski definition) is 4. The van der Waals surface area contributed by atoms with Gasteiger partial charge in [0.2, 0.25) is 5.91 Å². The number of nitrogens with zero attached hydrogens (tertiary/aromatic N) is 1. The van der Waals surface area contributed by atoms with Gasteiger partial charge < -0.3 is 14.8 Å². The van der Waals surface area contributed by atoms with Gasteiger partial charge in [-0.3, -0.25) is 9.78 Å². The molecular weight excluding hydrogens is 340 g/mol. The maximum atomic E-state index is 12.3. The van der Waals surface area contributed by atoms with Crippen molar-refractivity contribution in [1.82, 2.24) is 10.3 Å². The van der Waals surface area contributed by atoms with E-state index in [1.165, 1.54) is 0 Å². The Kier molecular flexibility index (Phi) is 5.87. The summed E-state index contributed by atoms with van der Waals surface area (Å²) in [4.78, 5) is 16.5. The third kappa shape index (κ3) is 4.78. The Bertz CT molecular complexity index is 760. The van der Waals surface area contributed by atoms with Crippen molar-refractivity contribution in [3.05, 3.63) is 36.7 Å². The van der Waals surface area contributed by atoms with Crippen molar-refractivity contribution in [3.8, 4) is 5.75 Å². The van der Waals surface area contributed by atoms with E-state index in [0.717, 1.165) is 68.3 Å². The van der Waals surface area contributed by atoms with Gasteiger partial charge in [0.05, 0.1) is 6.10 Å². The van der Waals surface area contributed by atoms with Crippen molar-refractivity contribution in [2.75, 3.05) is 13.2 Å². The zero-order valence-corrected chi connectivity index (χ0v) is 15.7. The molecular formula is C22H28N2O3. The molecule has 0 radical (unpaired) electrons. The first-order valence-corrected chi connectivity index (χ1v) is 10.1. The highest BCUT2D eigenvalue weighted by atomic mass is 16.5. The lowest BCUT2D eigenvalue weighted by molar-refractivity contribution is -0.124. The van der Waals surface area contributed by atoms with E-state index in [4.69, 9.17) is 9.47 Å². The summed E-state index contributed by atoms with van der Waals surface area (Å²) in [6.07, 6.45) is 10.6. The monoisotopic (exact) mass is 368 g/mol. The van der Waals surface area contributed by atoms with Crippen LogP contribution in [0.3, 0.4) is 0 Å². The second-order valence-corrected chi connectivity index (χ2v) is 7.80. The van der Waals surface area contributed by atoms with Gasteiger partial charge >= 0.3 is 0 Å². The van der Waals surface area contributed by atoms with Gasteiger partial charge in [-0.05, 0) is 56.6 Å². The number of hydrogen-bond donors (Lipinski definition) is 1. The Balaban J connectivity index is 1.25. The summed E-state index contributed by atoms with van der Waals surface area (Å²) < 4.78 is 11.8. The third-order valence-corrected chi connectivity index (χ3v) is 5.70. The zero-order chi connectivity index (χ0) is 18.5. The molecule has 1 aliphatic heterocycles. The van der Waals surface area contributed by atoms with Gasteiger partial charge in [0, 0.05) is 48.8 Å². The van der Waals surface area contributed by atoms with Crippen LogP contribution in [-0.4, -0.2) is 36.3 Å². The number of amides is 1. The van der Waals surface area contributed by atoms with Gasteiger partial charge in [0.1, 0.15) is 5.75 Å². The number of ether oxygens (including phenoxy) is 2. The molecule has 0 bridgehead atoms. The molecule has 1 aliphatic carbocycles. The van der Waals surface area contributed by atoms with E-state index in [1.54, 1.807) is 6.20 Å². The highest BCUT2D eigenvalue weighted by molar-refractivity contribution is 5.87. The highest BCUT2D eigenvalue weighted by Crippen LogP contribution is 2.29. The van der Waals surface area contributed by atoms with Crippen LogP contribution in [0.5, 0.6) is 5.75 Å². The first-order valence-electron chi connectivity index (χ1n) is 10.1. The fourth-order valence-electron chi connectivity index (χ4n) is 4.22. The SMILES string of the molecule is O=C(CC1CCCOC1)NC1CCC(Oc2cccc3cnccc23)CC1. The molecule has 2 fully saturated rings. The predicted octanol–water partition coefficient (Wildman–Crippen LogP) is 3.86. The second kappa shape index (κ2) is 8.70. The molecule has 2 heterocycles. The average molecular weight is 368 g/mol. The van der Waals surface area contributed by atoms with Gasteiger partial charge in [-0.15, -0.1) is 0 Å². The minimum atomic E-state index is 0.177. The standard InChI is InChI=1S/C22H28N2O3/c25-22(13-16-3-2-12-26-15-16)24-18-6-8-19(9-7-18)27-21-5-1-4-17-14-23-11-10-20(17)21/h1,4-5,10-11,14,16,18-19H,2-3,6-9,12-13,15H2,(H,24,25). The number of carbonyl (C=O) groups excluding carboxylic acids is 1. The lowest BCUT2D eigenvalue weighted by atomic mass is 9.92. The molecule has 1 saturated heterocycles. The zero-order valence-electron chi connectivity index (χ0n) is 15.7. The van der Waals surface area contributed by atoms with E-state index >= 15 is 0 Å². The van der Waals surface area contributed by atoms with Crippen LogP contribution in [0.4, 0.5) is 0 Å². The molecule has 0 spiro atoms. The van der Waals surface area contributed by atoms with E-state index < -0.39 is 0 Å². The van der Waals surface area contributed by atoms with Crippen molar-refractivity contribution < 1.29 is 14.3 Å². The molecule has 27 heavy (non-hydrogen) atoms. The van der Waals surface area contributed by atoms with Gasteiger partial charge in [0.15, 0.2) is 0 Å². The Morgan fingerprint density at radius 1 is 1.19 bits per heavy atom. The van der Waals surface area contributed by atoms with E-state index in [0.29, 0.717) is 12.3 Å². The van der Waals surface area contributed by atoms with Crippen molar-refractivity contribution >= 4 is 16.7 Å². The number of aromatic nitrogens is 1.